The third-order valence-corrected chi connectivity index (χ3v) is 4.36. The Morgan fingerprint density at radius 2 is 1.92 bits per heavy atom. The number of para-hydroxylation sites is 1. The Labute approximate surface area is 152 Å². The van der Waals surface area contributed by atoms with Gasteiger partial charge in [-0.3, -0.25) is 4.79 Å². The third-order valence-electron chi connectivity index (χ3n) is 4.11. The first-order chi connectivity index (χ1) is 12.1. The largest absolute Gasteiger partial charge is 0.352 e. The molecule has 0 saturated heterocycles. The zero-order chi connectivity index (χ0) is 17.6. The van der Waals surface area contributed by atoms with E-state index < -0.39 is 0 Å². The molecular weight excluding hydrogens is 334 g/mol. The molecule has 0 saturated carbocycles. The highest BCUT2D eigenvalue weighted by atomic mass is 35.5. The number of amides is 1. The standard InChI is InChI=1S/C20H20ClN3O/c1-15-22-12-13-24(15)19-5-3-2-4-17(19)14-23-20(25)11-8-16-6-9-18(21)10-7-16/h2-7,9-10,12-13H,8,11,14H2,1H3,(H,23,25). The van der Waals surface area contributed by atoms with E-state index in [1.807, 2.05) is 66.2 Å². The average Bonchev–Trinajstić information content (AvgIpc) is 3.05. The Hall–Kier alpha value is -2.59. The molecule has 0 atom stereocenters. The van der Waals surface area contributed by atoms with Gasteiger partial charge >= 0.3 is 0 Å². The molecule has 1 N–H and O–H groups in total. The van der Waals surface area contributed by atoms with Crippen molar-refractivity contribution in [2.24, 2.45) is 0 Å². The maximum Gasteiger partial charge on any atom is 0.220 e. The highest BCUT2D eigenvalue weighted by Crippen LogP contribution is 2.16. The highest BCUT2D eigenvalue weighted by molar-refractivity contribution is 6.30. The Morgan fingerprint density at radius 3 is 2.64 bits per heavy atom. The lowest BCUT2D eigenvalue weighted by Gasteiger charge is -2.12. The fraction of sp³-hybridized carbons (Fsp3) is 0.200. The van der Waals surface area contributed by atoms with Gasteiger partial charge in [0.25, 0.3) is 0 Å². The number of benzene rings is 2. The zero-order valence-corrected chi connectivity index (χ0v) is 14.8. The second-order valence-corrected chi connectivity index (χ2v) is 6.31. The fourth-order valence-electron chi connectivity index (χ4n) is 2.72. The molecule has 1 heterocycles. The van der Waals surface area contributed by atoms with Crippen molar-refractivity contribution in [2.75, 3.05) is 0 Å². The van der Waals surface area contributed by atoms with Crippen LogP contribution in [0.5, 0.6) is 0 Å². The molecule has 3 aromatic rings. The van der Waals surface area contributed by atoms with Crippen LogP contribution in [0.25, 0.3) is 5.69 Å². The summed E-state index contributed by atoms with van der Waals surface area (Å²) in [4.78, 5) is 16.4. The number of nitrogens with zero attached hydrogens (tertiary/aromatic N) is 2. The van der Waals surface area contributed by atoms with E-state index in [-0.39, 0.29) is 5.91 Å². The second-order valence-electron chi connectivity index (χ2n) is 5.88. The van der Waals surface area contributed by atoms with Gasteiger partial charge in [0.2, 0.25) is 5.91 Å². The lowest BCUT2D eigenvalue weighted by atomic mass is 10.1. The van der Waals surface area contributed by atoms with Gasteiger partial charge in [-0.1, -0.05) is 41.9 Å². The number of halogens is 1. The Kier molecular flexibility index (Phi) is 5.51. The summed E-state index contributed by atoms with van der Waals surface area (Å²) >= 11 is 5.87. The first-order valence-electron chi connectivity index (χ1n) is 8.23. The predicted molar refractivity (Wildman–Crippen MR) is 99.9 cm³/mol. The van der Waals surface area contributed by atoms with E-state index >= 15 is 0 Å². The number of imidazole rings is 1. The molecule has 0 aliphatic carbocycles. The highest BCUT2D eigenvalue weighted by Gasteiger charge is 2.08. The van der Waals surface area contributed by atoms with Gasteiger partial charge in [-0.05, 0) is 42.7 Å². The van der Waals surface area contributed by atoms with Crippen LogP contribution in [-0.4, -0.2) is 15.5 Å². The SMILES string of the molecule is Cc1nccn1-c1ccccc1CNC(=O)CCc1ccc(Cl)cc1. The van der Waals surface area contributed by atoms with Crippen molar-refractivity contribution in [3.05, 3.63) is 82.9 Å². The molecule has 1 aromatic heterocycles. The van der Waals surface area contributed by atoms with Crippen LogP contribution in [0.15, 0.2) is 60.9 Å². The number of aromatic nitrogens is 2. The first kappa shape index (κ1) is 17.2. The van der Waals surface area contributed by atoms with Crippen molar-refractivity contribution in [2.45, 2.75) is 26.3 Å². The molecular formula is C20H20ClN3O. The van der Waals surface area contributed by atoms with Crippen molar-refractivity contribution in [3.63, 3.8) is 0 Å². The Bertz CT molecular complexity index is 855. The summed E-state index contributed by atoms with van der Waals surface area (Å²) in [6.07, 6.45) is 4.85. The summed E-state index contributed by atoms with van der Waals surface area (Å²) < 4.78 is 2.02. The molecule has 0 aliphatic heterocycles. The van der Waals surface area contributed by atoms with Crippen LogP contribution in [0.1, 0.15) is 23.4 Å². The number of hydrogen-bond donors (Lipinski definition) is 1. The molecule has 0 unspecified atom stereocenters. The first-order valence-corrected chi connectivity index (χ1v) is 8.60. The lowest BCUT2D eigenvalue weighted by Crippen LogP contribution is -2.23. The summed E-state index contributed by atoms with van der Waals surface area (Å²) in [5.41, 5.74) is 3.20. The number of nitrogens with one attached hydrogen (secondary N) is 1. The van der Waals surface area contributed by atoms with Crippen molar-refractivity contribution in [1.29, 1.82) is 0 Å². The van der Waals surface area contributed by atoms with Crippen LogP contribution < -0.4 is 5.32 Å². The summed E-state index contributed by atoms with van der Waals surface area (Å²) in [6.45, 7) is 2.45. The zero-order valence-electron chi connectivity index (χ0n) is 14.1. The molecule has 5 heteroatoms. The summed E-state index contributed by atoms with van der Waals surface area (Å²) in [5, 5.41) is 3.71. The van der Waals surface area contributed by atoms with Crippen LogP contribution in [-0.2, 0) is 17.8 Å². The van der Waals surface area contributed by atoms with Crippen molar-refractivity contribution >= 4 is 17.5 Å². The molecule has 25 heavy (non-hydrogen) atoms. The van der Waals surface area contributed by atoms with Gasteiger partial charge in [-0.25, -0.2) is 4.98 Å². The smallest absolute Gasteiger partial charge is 0.220 e. The molecule has 128 valence electrons. The number of aryl methyl sites for hydroxylation is 2. The fourth-order valence-corrected chi connectivity index (χ4v) is 2.85. The molecule has 0 spiro atoms. The molecule has 0 bridgehead atoms. The van der Waals surface area contributed by atoms with E-state index in [0.717, 1.165) is 22.6 Å². The molecule has 3 rings (SSSR count). The Morgan fingerprint density at radius 1 is 1.16 bits per heavy atom. The number of carbonyl (C=O) groups excluding carboxylic acids is 1. The summed E-state index contributed by atoms with van der Waals surface area (Å²) in [5.74, 6) is 0.952. The minimum Gasteiger partial charge on any atom is -0.352 e. The predicted octanol–water partition coefficient (Wildman–Crippen LogP) is 4.08. The molecule has 2 aromatic carbocycles. The minimum absolute atomic E-state index is 0.0344. The maximum absolute atomic E-state index is 12.2. The minimum atomic E-state index is 0.0344. The van der Waals surface area contributed by atoms with Crippen LogP contribution in [0.4, 0.5) is 0 Å². The van der Waals surface area contributed by atoms with E-state index in [2.05, 4.69) is 10.3 Å². The Balaban J connectivity index is 1.59. The monoisotopic (exact) mass is 353 g/mol. The molecule has 4 nitrogen and oxygen atoms in total. The quantitative estimate of drug-likeness (QED) is 0.725. The van der Waals surface area contributed by atoms with Gasteiger partial charge in [0, 0.05) is 30.4 Å². The number of rotatable bonds is 6. The summed E-state index contributed by atoms with van der Waals surface area (Å²) in [6, 6.07) is 15.6. The van der Waals surface area contributed by atoms with Crippen molar-refractivity contribution in [3.8, 4) is 5.69 Å². The van der Waals surface area contributed by atoms with Crippen molar-refractivity contribution in [1.82, 2.24) is 14.9 Å². The molecule has 0 radical (unpaired) electrons. The maximum atomic E-state index is 12.2. The lowest BCUT2D eigenvalue weighted by molar-refractivity contribution is -0.121. The van der Waals surface area contributed by atoms with Gasteiger partial charge in [-0.2, -0.15) is 0 Å². The van der Waals surface area contributed by atoms with Crippen LogP contribution in [0, 0.1) is 6.92 Å². The normalized spacial score (nSPS) is 10.6. The van der Waals surface area contributed by atoms with Gasteiger partial charge < -0.3 is 9.88 Å². The van der Waals surface area contributed by atoms with E-state index in [9.17, 15) is 4.79 Å². The van der Waals surface area contributed by atoms with Crippen LogP contribution >= 0.6 is 11.6 Å². The van der Waals surface area contributed by atoms with E-state index in [1.165, 1.54) is 0 Å². The van der Waals surface area contributed by atoms with Gasteiger partial charge in [0.1, 0.15) is 5.82 Å². The van der Waals surface area contributed by atoms with E-state index in [0.29, 0.717) is 24.4 Å². The third kappa shape index (κ3) is 4.48. The molecule has 0 aliphatic rings. The van der Waals surface area contributed by atoms with Gasteiger partial charge in [0.15, 0.2) is 0 Å². The number of carbonyl (C=O) groups is 1. The molecule has 0 fully saturated rings. The average molecular weight is 354 g/mol. The van der Waals surface area contributed by atoms with Crippen LogP contribution in [0.2, 0.25) is 5.02 Å². The summed E-state index contributed by atoms with van der Waals surface area (Å²) in [7, 11) is 0. The van der Waals surface area contributed by atoms with E-state index in [1.54, 1.807) is 6.20 Å². The van der Waals surface area contributed by atoms with Gasteiger partial charge in [-0.15, -0.1) is 0 Å². The molecule has 1 amide bonds. The second kappa shape index (κ2) is 7.99. The van der Waals surface area contributed by atoms with Crippen molar-refractivity contribution < 1.29 is 4.79 Å². The van der Waals surface area contributed by atoms with Crippen LogP contribution in [0.3, 0.4) is 0 Å². The topological polar surface area (TPSA) is 46.9 Å². The number of hydrogen-bond acceptors (Lipinski definition) is 2. The van der Waals surface area contributed by atoms with Gasteiger partial charge in [0.05, 0.1) is 5.69 Å². The van der Waals surface area contributed by atoms with E-state index in [4.69, 9.17) is 11.6 Å².